The van der Waals surface area contributed by atoms with Gasteiger partial charge in [-0.15, -0.1) is 0 Å². The Kier molecular flexibility index (Phi) is 3.77. The first-order chi connectivity index (χ1) is 14.9. The van der Waals surface area contributed by atoms with Crippen LogP contribution in [0.15, 0.2) is 36.4 Å². The third kappa shape index (κ3) is 2.70. The summed E-state index contributed by atoms with van der Waals surface area (Å²) in [5.74, 6) is -3.49. The zero-order valence-electron chi connectivity index (χ0n) is 16.9. The normalized spacial score (nSPS) is 24.6. The monoisotopic (exact) mass is 424 g/mol. The van der Waals surface area contributed by atoms with Crippen LogP contribution in [0.5, 0.6) is 0 Å². The summed E-state index contributed by atoms with van der Waals surface area (Å²) in [5, 5.41) is 15.4. The number of hydrogen-bond donors (Lipinski definition) is 1. The van der Waals surface area contributed by atoms with Crippen LogP contribution < -0.4 is 4.90 Å². The average molecular weight is 424 g/mol. The van der Waals surface area contributed by atoms with Crippen molar-refractivity contribution in [3.05, 3.63) is 47.8 Å². The zero-order chi connectivity index (χ0) is 21.4. The van der Waals surface area contributed by atoms with Crippen molar-refractivity contribution in [3.8, 4) is 5.69 Å². The third-order valence-corrected chi connectivity index (χ3v) is 7.26. The number of para-hydroxylation sites is 1. The molecule has 2 aliphatic carbocycles. The molecule has 160 valence electrons. The summed E-state index contributed by atoms with van der Waals surface area (Å²) < 4.78 is 29.8. The number of rotatable bonds is 4. The van der Waals surface area contributed by atoms with E-state index in [2.05, 4.69) is 4.98 Å². The van der Waals surface area contributed by atoms with Gasteiger partial charge in [-0.1, -0.05) is 24.6 Å². The largest absolute Gasteiger partial charge is 0.477 e. The fourth-order valence-corrected chi connectivity index (χ4v) is 5.10. The molecule has 1 unspecified atom stereocenters. The predicted octanol–water partition coefficient (Wildman–Crippen LogP) is 4.62. The minimum atomic E-state index is -2.63. The summed E-state index contributed by atoms with van der Waals surface area (Å²) in [6, 6.07) is 11.1. The molecule has 6 nitrogen and oxygen atoms in total. The lowest BCUT2D eigenvalue weighted by Gasteiger charge is -2.26. The van der Waals surface area contributed by atoms with Crippen LogP contribution in [-0.4, -0.2) is 44.9 Å². The van der Waals surface area contributed by atoms with E-state index in [0.717, 1.165) is 36.0 Å². The maximum atomic E-state index is 14.0. The molecule has 0 bridgehead atoms. The van der Waals surface area contributed by atoms with E-state index < -0.39 is 17.3 Å². The highest BCUT2D eigenvalue weighted by Crippen LogP contribution is 2.65. The number of aromatic carboxylic acids is 1. The number of anilines is 1. The molecule has 31 heavy (non-hydrogen) atoms. The first kappa shape index (κ1) is 18.7. The molecule has 2 saturated carbocycles. The van der Waals surface area contributed by atoms with Crippen molar-refractivity contribution in [3.63, 3.8) is 0 Å². The Morgan fingerprint density at radius 3 is 2.52 bits per heavy atom. The van der Waals surface area contributed by atoms with Crippen LogP contribution in [0.3, 0.4) is 0 Å². The summed E-state index contributed by atoms with van der Waals surface area (Å²) in [4.78, 5) is 18.3. The Morgan fingerprint density at radius 1 is 1.19 bits per heavy atom. The Labute approximate surface area is 177 Å². The van der Waals surface area contributed by atoms with E-state index in [4.69, 9.17) is 5.10 Å². The summed E-state index contributed by atoms with van der Waals surface area (Å²) in [7, 11) is 0. The zero-order valence-corrected chi connectivity index (χ0v) is 16.9. The molecule has 3 aromatic rings. The van der Waals surface area contributed by atoms with E-state index in [9.17, 15) is 18.7 Å². The second kappa shape index (κ2) is 6.24. The third-order valence-electron chi connectivity index (χ3n) is 7.26. The van der Waals surface area contributed by atoms with Crippen LogP contribution in [0, 0.1) is 5.41 Å². The number of nitrogens with zero attached hydrogens (tertiary/aromatic N) is 4. The topological polar surface area (TPSA) is 71.2 Å². The van der Waals surface area contributed by atoms with E-state index in [1.165, 1.54) is 0 Å². The number of fused-ring (bicyclic) bond motifs is 1. The number of aromatic nitrogens is 3. The Balaban J connectivity index is 1.57. The summed E-state index contributed by atoms with van der Waals surface area (Å²) in [5.41, 5.74) is 1.78. The number of halogens is 2. The molecule has 1 aliphatic heterocycles. The molecule has 1 saturated heterocycles. The van der Waals surface area contributed by atoms with E-state index in [1.54, 1.807) is 10.7 Å². The summed E-state index contributed by atoms with van der Waals surface area (Å²) in [6.07, 6.45) is 3.48. The number of alkyl halides is 2. The Bertz CT molecular complexity index is 1210. The highest BCUT2D eigenvalue weighted by molar-refractivity contribution is 5.98. The van der Waals surface area contributed by atoms with Crippen molar-refractivity contribution in [2.75, 3.05) is 18.0 Å². The maximum absolute atomic E-state index is 14.0. The first-order valence-electron chi connectivity index (χ1n) is 10.7. The Morgan fingerprint density at radius 2 is 1.94 bits per heavy atom. The molecular formula is C23H22F2N4O2. The highest BCUT2D eigenvalue weighted by atomic mass is 19.3. The van der Waals surface area contributed by atoms with E-state index in [0.29, 0.717) is 24.3 Å². The molecule has 6 rings (SSSR count). The summed E-state index contributed by atoms with van der Waals surface area (Å²) >= 11 is 0. The molecule has 1 atom stereocenters. The molecule has 1 N–H and O–H groups in total. The molecule has 0 radical (unpaired) electrons. The molecule has 3 heterocycles. The minimum Gasteiger partial charge on any atom is -0.477 e. The van der Waals surface area contributed by atoms with Gasteiger partial charge in [-0.3, -0.25) is 0 Å². The van der Waals surface area contributed by atoms with Gasteiger partial charge in [0.15, 0.2) is 11.3 Å². The van der Waals surface area contributed by atoms with E-state index in [-0.39, 0.29) is 24.6 Å². The molecular weight excluding hydrogens is 402 g/mol. The van der Waals surface area contributed by atoms with E-state index >= 15 is 0 Å². The van der Waals surface area contributed by atoms with Crippen LogP contribution in [0.2, 0.25) is 0 Å². The van der Waals surface area contributed by atoms with Gasteiger partial charge in [-0.2, -0.15) is 5.10 Å². The van der Waals surface area contributed by atoms with Gasteiger partial charge in [-0.25, -0.2) is 23.2 Å². The van der Waals surface area contributed by atoms with Gasteiger partial charge in [0.1, 0.15) is 0 Å². The van der Waals surface area contributed by atoms with Gasteiger partial charge in [0, 0.05) is 25.4 Å². The summed E-state index contributed by atoms with van der Waals surface area (Å²) in [6.45, 7) is 0.715. The highest BCUT2D eigenvalue weighted by Gasteiger charge is 2.72. The molecule has 0 amide bonds. The van der Waals surface area contributed by atoms with Crippen LogP contribution in [-0.2, 0) is 0 Å². The van der Waals surface area contributed by atoms with Gasteiger partial charge in [0.2, 0.25) is 0 Å². The van der Waals surface area contributed by atoms with Gasteiger partial charge in [0.05, 0.1) is 27.9 Å². The second-order valence-electron chi connectivity index (χ2n) is 9.12. The molecule has 2 aromatic heterocycles. The fourth-order valence-electron chi connectivity index (χ4n) is 5.10. The molecule has 1 spiro atoms. The van der Waals surface area contributed by atoms with Gasteiger partial charge >= 0.3 is 5.97 Å². The van der Waals surface area contributed by atoms with Crippen LogP contribution >= 0.6 is 0 Å². The SMILES string of the molecule is O=C(O)c1cc(N2CCC3(C2)CC3(F)F)c2c(C3CCC3)nn(-c3ccccc3)c2n1. The predicted molar refractivity (Wildman–Crippen MR) is 111 cm³/mol. The number of carboxylic acids is 1. The minimum absolute atomic E-state index is 0.0880. The number of benzene rings is 1. The smallest absolute Gasteiger partial charge is 0.354 e. The lowest BCUT2D eigenvalue weighted by atomic mass is 9.82. The molecule has 8 heteroatoms. The lowest BCUT2D eigenvalue weighted by Crippen LogP contribution is -2.23. The van der Waals surface area contributed by atoms with Crippen molar-refractivity contribution >= 4 is 22.7 Å². The van der Waals surface area contributed by atoms with Crippen LogP contribution in [0.25, 0.3) is 16.7 Å². The second-order valence-corrected chi connectivity index (χ2v) is 9.12. The van der Waals surface area contributed by atoms with Crippen molar-refractivity contribution in [1.82, 2.24) is 14.8 Å². The standard InChI is InChI=1S/C23H22F2N4O2/c24-23(25)12-22(23)9-10-28(13-22)17-11-16(21(30)31)26-20-18(17)19(14-5-4-6-14)27-29(20)15-7-2-1-3-8-15/h1-3,7-8,11,14H,4-6,9-10,12-13H2,(H,30,31). The van der Waals surface area contributed by atoms with Crippen molar-refractivity contribution in [2.45, 2.75) is 43.9 Å². The van der Waals surface area contributed by atoms with Crippen molar-refractivity contribution in [1.29, 1.82) is 0 Å². The van der Waals surface area contributed by atoms with Crippen LogP contribution in [0.4, 0.5) is 14.5 Å². The lowest BCUT2D eigenvalue weighted by molar-refractivity contribution is 0.0687. The number of carboxylic acid groups (broad SMARTS) is 1. The van der Waals surface area contributed by atoms with Crippen LogP contribution in [0.1, 0.15) is 54.2 Å². The quantitative estimate of drug-likeness (QED) is 0.662. The number of pyridine rings is 1. The Hall–Kier alpha value is -3.03. The van der Waals surface area contributed by atoms with Crippen molar-refractivity contribution in [2.24, 2.45) is 5.41 Å². The van der Waals surface area contributed by atoms with Gasteiger partial charge < -0.3 is 10.0 Å². The average Bonchev–Trinajstić information content (AvgIpc) is 3.04. The number of hydrogen-bond acceptors (Lipinski definition) is 4. The maximum Gasteiger partial charge on any atom is 0.354 e. The molecule has 1 aromatic carbocycles. The van der Waals surface area contributed by atoms with E-state index in [1.807, 2.05) is 35.2 Å². The van der Waals surface area contributed by atoms with Crippen molar-refractivity contribution < 1.29 is 18.7 Å². The molecule has 3 fully saturated rings. The van der Waals surface area contributed by atoms with Gasteiger partial charge in [0.25, 0.3) is 5.92 Å². The first-order valence-corrected chi connectivity index (χ1v) is 10.7. The molecule has 3 aliphatic rings. The number of carbonyl (C=O) groups is 1. The fraction of sp³-hybridized carbons (Fsp3) is 0.435. The van der Waals surface area contributed by atoms with Gasteiger partial charge in [-0.05, 0) is 37.5 Å².